The zero-order valence-corrected chi connectivity index (χ0v) is 15.4. The fourth-order valence-corrected chi connectivity index (χ4v) is 3.44. The van der Waals surface area contributed by atoms with Gasteiger partial charge in [-0.2, -0.15) is 0 Å². The third-order valence-electron chi connectivity index (χ3n) is 4.52. The summed E-state index contributed by atoms with van der Waals surface area (Å²) in [5.41, 5.74) is 3.41. The van der Waals surface area contributed by atoms with Crippen LogP contribution in [0.15, 0.2) is 94.4 Å². The minimum Gasteiger partial charge on any atom is -0.340 e. The summed E-state index contributed by atoms with van der Waals surface area (Å²) >= 11 is 3.51. The van der Waals surface area contributed by atoms with Gasteiger partial charge in [-0.25, -0.2) is 0 Å². The van der Waals surface area contributed by atoms with Gasteiger partial charge in [0.25, 0.3) is 0 Å². The molecule has 2 unspecified atom stereocenters. The van der Waals surface area contributed by atoms with E-state index in [0.717, 1.165) is 28.0 Å². The summed E-state index contributed by atoms with van der Waals surface area (Å²) in [4.78, 5) is 5.00. The van der Waals surface area contributed by atoms with Crippen molar-refractivity contribution in [1.29, 1.82) is 0 Å². The molecule has 1 aliphatic heterocycles. The molecule has 2 aromatic rings. The van der Waals surface area contributed by atoms with Crippen LogP contribution in [0.3, 0.4) is 0 Å². The van der Waals surface area contributed by atoms with Crippen molar-refractivity contribution >= 4 is 27.5 Å². The van der Waals surface area contributed by atoms with E-state index in [9.17, 15) is 0 Å². The number of benzene rings is 2. The Bertz CT molecular complexity index is 861. The van der Waals surface area contributed by atoms with E-state index >= 15 is 0 Å². The van der Waals surface area contributed by atoms with Crippen molar-refractivity contribution in [1.82, 2.24) is 5.32 Å². The Hall–Kier alpha value is -2.39. The van der Waals surface area contributed by atoms with Crippen LogP contribution in [0.1, 0.15) is 17.5 Å². The normalized spacial score (nSPS) is 22.1. The molecule has 4 rings (SSSR count). The summed E-state index contributed by atoms with van der Waals surface area (Å²) in [6.45, 7) is 0. The van der Waals surface area contributed by atoms with Gasteiger partial charge >= 0.3 is 0 Å². The fourth-order valence-electron chi connectivity index (χ4n) is 3.17. The zero-order chi connectivity index (χ0) is 17.1. The number of aliphatic imine (C=N–C) groups is 1. The van der Waals surface area contributed by atoms with Crippen LogP contribution < -0.4 is 5.32 Å². The first-order chi connectivity index (χ1) is 12.3. The van der Waals surface area contributed by atoms with Crippen LogP contribution in [0.5, 0.6) is 0 Å². The Kier molecular flexibility index (Phi) is 4.66. The van der Waals surface area contributed by atoms with Crippen molar-refractivity contribution in [3.63, 3.8) is 0 Å². The lowest BCUT2D eigenvalue weighted by molar-refractivity contribution is 0.576. The van der Waals surface area contributed by atoms with E-state index in [1.54, 1.807) is 0 Å². The molecule has 0 saturated carbocycles. The maximum absolute atomic E-state index is 5.00. The summed E-state index contributed by atoms with van der Waals surface area (Å²) in [6.07, 6.45) is 12.0. The molecule has 2 aliphatic rings. The highest BCUT2D eigenvalue weighted by Crippen LogP contribution is 2.27. The Morgan fingerprint density at radius 3 is 2.44 bits per heavy atom. The largest absolute Gasteiger partial charge is 0.340 e. The van der Waals surface area contributed by atoms with Crippen LogP contribution in [0.2, 0.25) is 0 Å². The topological polar surface area (TPSA) is 24.4 Å². The summed E-state index contributed by atoms with van der Waals surface area (Å²) in [6, 6.07) is 18.9. The van der Waals surface area contributed by atoms with Crippen LogP contribution in [0.4, 0.5) is 0 Å². The average molecular weight is 391 g/mol. The first-order valence-corrected chi connectivity index (χ1v) is 9.30. The number of halogens is 1. The van der Waals surface area contributed by atoms with Crippen molar-refractivity contribution in [3.8, 4) is 0 Å². The van der Waals surface area contributed by atoms with Crippen molar-refractivity contribution < 1.29 is 0 Å². The maximum atomic E-state index is 5.00. The third kappa shape index (κ3) is 3.67. The molecule has 0 amide bonds. The van der Waals surface area contributed by atoms with Crippen LogP contribution in [0.25, 0.3) is 5.70 Å². The fraction of sp³-hybridized carbons (Fsp3) is 0.136. The van der Waals surface area contributed by atoms with Crippen molar-refractivity contribution in [2.75, 3.05) is 0 Å². The summed E-state index contributed by atoms with van der Waals surface area (Å²) in [5.74, 6) is 1.34. The molecule has 25 heavy (non-hydrogen) atoms. The number of nitrogens with one attached hydrogen (secondary N) is 1. The lowest BCUT2D eigenvalue weighted by atomic mass is 9.90. The van der Waals surface area contributed by atoms with Gasteiger partial charge in [0.15, 0.2) is 0 Å². The first-order valence-electron chi connectivity index (χ1n) is 8.51. The van der Waals surface area contributed by atoms with E-state index in [0.29, 0.717) is 5.92 Å². The van der Waals surface area contributed by atoms with Crippen molar-refractivity contribution in [3.05, 3.63) is 101 Å². The average Bonchev–Trinajstić information content (AvgIpc) is 2.69. The van der Waals surface area contributed by atoms with Gasteiger partial charge in [0.05, 0.1) is 6.04 Å². The molecule has 2 nitrogen and oxygen atoms in total. The monoisotopic (exact) mass is 390 g/mol. The molecule has 124 valence electrons. The smallest absolute Gasteiger partial charge is 0.133 e. The number of allylic oxidation sites excluding steroid dienone is 3. The maximum Gasteiger partial charge on any atom is 0.133 e. The number of amidine groups is 1. The molecule has 0 bridgehead atoms. The predicted molar refractivity (Wildman–Crippen MR) is 108 cm³/mol. The predicted octanol–water partition coefficient (Wildman–Crippen LogP) is 5.34. The van der Waals surface area contributed by atoms with Gasteiger partial charge in [0.1, 0.15) is 5.84 Å². The quantitative estimate of drug-likeness (QED) is 0.751. The SMILES string of the molecule is Brc1ccc(C2=CC(C3C=CC=CC3)N=C(c3ccccc3)N2)cc1. The van der Waals surface area contributed by atoms with Gasteiger partial charge in [-0.1, -0.05) is 82.7 Å². The lowest BCUT2D eigenvalue weighted by Crippen LogP contribution is -2.32. The van der Waals surface area contributed by atoms with Gasteiger partial charge in [-0.3, -0.25) is 4.99 Å². The lowest BCUT2D eigenvalue weighted by Gasteiger charge is -2.27. The van der Waals surface area contributed by atoms with Crippen LogP contribution in [-0.2, 0) is 0 Å². The van der Waals surface area contributed by atoms with Crippen LogP contribution in [-0.4, -0.2) is 11.9 Å². The van der Waals surface area contributed by atoms with Crippen LogP contribution >= 0.6 is 15.9 Å². The molecule has 0 radical (unpaired) electrons. The number of rotatable bonds is 3. The van der Waals surface area contributed by atoms with Gasteiger partial charge < -0.3 is 5.32 Å². The van der Waals surface area contributed by atoms with Gasteiger partial charge in [-0.05, 0) is 30.2 Å². The van der Waals surface area contributed by atoms with E-state index < -0.39 is 0 Å². The standard InChI is InChI=1S/C22H19BrN2/c23-19-13-11-17(12-14-19)21-15-20(16-7-3-1-4-8-16)24-22(25-21)18-9-5-2-6-10-18/h1-7,9-16,20H,8H2,(H,24,25). The Balaban J connectivity index is 1.71. The molecule has 1 N–H and O–H groups in total. The molecule has 2 atom stereocenters. The van der Waals surface area contributed by atoms with E-state index in [1.807, 2.05) is 6.07 Å². The molecule has 2 aromatic carbocycles. The molecule has 0 spiro atoms. The van der Waals surface area contributed by atoms with Gasteiger partial charge in [0, 0.05) is 21.7 Å². The Morgan fingerprint density at radius 1 is 0.920 bits per heavy atom. The van der Waals surface area contributed by atoms with Gasteiger partial charge in [0.2, 0.25) is 0 Å². The molecule has 1 aliphatic carbocycles. The Morgan fingerprint density at radius 2 is 1.72 bits per heavy atom. The summed E-state index contributed by atoms with van der Waals surface area (Å²) in [5, 5.41) is 3.53. The van der Waals surface area contributed by atoms with Crippen molar-refractivity contribution in [2.45, 2.75) is 12.5 Å². The molecular formula is C22H19BrN2. The molecule has 3 heteroatoms. The second-order valence-electron chi connectivity index (χ2n) is 6.26. The highest BCUT2D eigenvalue weighted by atomic mass is 79.9. The minimum atomic E-state index is 0.135. The summed E-state index contributed by atoms with van der Waals surface area (Å²) < 4.78 is 1.08. The van der Waals surface area contributed by atoms with E-state index in [4.69, 9.17) is 4.99 Å². The molecule has 1 heterocycles. The van der Waals surface area contributed by atoms with Crippen molar-refractivity contribution in [2.24, 2.45) is 10.9 Å². The summed E-state index contributed by atoms with van der Waals surface area (Å²) in [7, 11) is 0. The first kappa shape index (κ1) is 16.1. The highest BCUT2D eigenvalue weighted by Gasteiger charge is 2.23. The van der Waals surface area contributed by atoms with E-state index in [1.165, 1.54) is 5.56 Å². The second kappa shape index (κ2) is 7.24. The second-order valence-corrected chi connectivity index (χ2v) is 7.17. The molecule has 0 aromatic heterocycles. The number of hydrogen-bond acceptors (Lipinski definition) is 2. The third-order valence-corrected chi connectivity index (χ3v) is 5.05. The molecular weight excluding hydrogens is 372 g/mol. The highest BCUT2D eigenvalue weighted by molar-refractivity contribution is 9.10. The molecule has 0 fully saturated rings. The van der Waals surface area contributed by atoms with E-state index in [-0.39, 0.29) is 6.04 Å². The van der Waals surface area contributed by atoms with Crippen LogP contribution in [0, 0.1) is 5.92 Å². The zero-order valence-electron chi connectivity index (χ0n) is 13.8. The number of nitrogens with zero attached hydrogens (tertiary/aromatic N) is 1. The Labute approximate surface area is 156 Å². The van der Waals surface area contributed by atoms with E-state index in [2.05, 4.69) is 100 Å². The molecule has 0 saturated heterocycles. The number of hydrogen-bond donors (Lipinski definition) is 1. The minimum absolute atomic E-state index is 0.135. The van der Waals surface area contributed by atoms with Gasteiger partial charge in [-0.15, -0.1) is 0 Å².